The van der Waals surface area contributed by atoms with E-state index in [4.69, 9.17) is 10.5 Å². The standard InChI is InChI=1S/C14H22N2O4S/c1-11-6-8-12(9-7-11)16(21(18)19)13(14(17)20-2)5-3-4-10-15/h6-9,13H,3-5,10,15H2,1-2H3,(H,18,19)/p-1. The van der Waals surface area contributed by atoms with E-state index in [9.17, 15) is 13.6 Å². The van der Waals surface area contributed by atoms with Gasteiger partial charge in [-0.15, -0.1) is 0 Å². The first kappa shape index (κ1) is 17.6. The average Bonchev–Trinajstić information content (AvgIpc) is 2.47. The van der Waals surface area contributed by atoms with Crippen LogP contribution in [-0.2, 0) is 20.8 Å². The van der Waals surface area contributed by atoms with Gasteiger partial charge in [0.1, 0.15) is 6.04 Å². The van der Waals surface area contributed by atoms with Crippen LogP contribution in [0.2, 0.25) is 0 Å². The Kier molecular flexibility index (Phi) is 7.35. The molecule has 0 amide bonds. The number of rotatable bonds is 8. The lowest BCUT2D eigenvalue weighted by molar-refractivity contribution is -0.142. The van der Waals surface area contributed by atoms with E-state index >= 15 is 0 Å². The van der Waals surface area contributed by atoms with Gasteiger partial charge in [0.25, 0.3) is 0 Å². The summed E-state index contributed by atoms with van der Waals surface area (Å²) in [5.74, 6) is -0.572. The summed E-state index contributed by atoms with van der Waals surface area (Å²) in [4.78, 5) is 11.9. The molecule has 6 nitrogen and oxygen atoms in total. The summed E-state index contributed by atoms with van der Waals surface area (Å²) in [5.41, 5.74) is 6.88. The fourth-order valence-electron chi connectivity index (χ4n) is 2.01. The smallest absolute Gasteiger partial charge is 0.329 e. The van der Waals surface area contributed by atoms with Gasteiger partial charge in [0, 0.05) is 17.0 Å². The molecule has 0 bridgehead atoms. The second-order valence-corrected chi connectivity index (χ2v) is 5.53. The molecule has 2 unspecified atom stereocenters. The summed E-state index contributed by atoms with van der Waals surface area (Å²) in [5, 5.41) is 0. The lowest BCUT2D eigenvalue weighted by atomic mass is 10.1. The third-order valence-electron chi connectivity index (χ3n) is 3.14. The third kappa shape index (κ3) is 5.11. The number of aryl methyl sites for hydroxylation is 1. The molecule has 1 rings (SSSR count). The van der Waals surface area contributed by atoms with Gasteiger partial charge in [0.2, 0.25) is 0 Å². The number of unbranched alkanes of at least 4 members (excludes halogenated alkanes) is 1. The molecule has 0 aromatic heterocycles. The van der Waals surface area contributed by atoms with Crippen molar-refractivity contribution in [1.29, 1.82) is 0 Å². The van der Waals surface area contributed by atoms with Gasteiger partial charge in [-0.25, -0.2) is 4.79 Å². The number of hydrogen-bond donors (Lipinski definition) is 1. The number of hydrogen-bond acceptors (Lipinski definition) is 5. The molecule has 118 valence electrons. The Bertz CT molecular complexity index is 478. The second kappa shape index (κ2) is 8.76. The van der Waals surface area contributed by atoms with E-state index in [1.165, 1.54) is 7.11 Å². The molecule has 2 atom stereocenters. The zero-order valence-corrected chi connectivity index (χ0v) is 13.1. The highest BCUT2D eigenvalue weighted by Crippen LogP contribution is 2.22. The molecule has 0 aliphatic heterocycles. The molecule has 1 aromatic carbocycles. The topological polar surface area (TPSA) is 95.7 Å². The van der Waals surface area contributed by atoms with Gasteiger partial charge in [0.05, 0.1) is 7.11 Å². The van der Waals surface area contributed by atoms with Gasteiger partial charge < -0.3 is 15.0 Å². The largest absolute Gasteiger partial charge is 0.755 e. The van der Waals surface area contributed by atoms with Gasteiger partial charge in [0.15, 0.2) is 0 Å². The van der Waals surface area contributed by atoms with Crippen LogP contribution in [0.15, 0.2) is 24.3 Å². The van der Waals surface area contributed by atoms with E-state index in [2.05, 4.69) is 0 Å². The fourth-order valence-corrected chi connectivity index (χ4v) is 2.70. The minimum atomic E-state index is -2.57. The van der Waals surface area contributed by atoms with Crippen LogP contribution in [0.4, 0.5) is 5.69 Å². The molecule has 0 heterocycles. The van der Waals surface area contributed by atoms with E-state index < -0.39 is 23.3 Å². The number of nitrogens with two attached hydrogens (primary N) is 1. The molecule has 0 aliphatic rings. The van der Waals surface area contributed by atoms with Gasteiger partial charge in [-0.3, -0.25) is 8.51 Å². The Labute approximate surface area is 127 Å². The fraction of sp³-hybridized carbons (Fsp3) is 0.500. The van der Waals surface area contributed by atoms with Crippen LogP contribution in [0.5, 0.6) is 0 Å². The third-order valence-corrected chi connectivity index (χ3v) is 3.92. The van der Waals surface area contributed by atoms with Crippen LogP contribution in [0.3, 0.4) is 0 Å². The van der Waals surface area contributed by atoms with Crippen molar-refractivity contribution >= 4 is 22.9 Å². The van der Waals surface area contributed by atoms with Crippen molar-refractivity contribution in [3.8, 4) is 0 Å². The highest BCUT2D eigenvalue weighted by atomic mass is 32.2. The number of carbonyl (C=O) groups excluding carboxylic acids is 1. The lowest BCUT2D eigenvalue weighted by Gasteiger charge is -2.33. The number of nitrogens with zero attached hydrogens (tertiary/aromatic N) is 1. The van der Waals surface area contributed by atoms with E-state index in [1.54, 1.807) is 24.3 Å². The Morgan fingerprint density at radius 3 is 2.48 bits per heavy atom. The first-order chi connectivity index (χ1) is 10.0. The number of benzene rings is 1. The van der Waals surface area contributed by atoms with Crippen molar-refractivity contribution in [2.45, 2.75) is 32.2 Å². The molecule has 0 radical (unpaired) electrons. The quantitative estimate of drug-likeness (QED) is 0.443. The molecule has 7 heteroatoms. The molecule has 0 saturated heterocycles. The van der Waals surface area contributed by atoms with E-state index in [1.807, 2.05) is 6.92 Å². The van der Waals surface area contributed by atoms with E-state index in [0.29, 0.717) is 25.1 Å². The van der Waals surface area contributed by atoms with Gasteiger partial charge in [-0.2, -0.15) is 0 Å². The van der Waals surface area contributed by atoms with Crippen LogP contribution in [-0.4, -0.2) is 34.4 Å². The lowest BCUT2D eigenvalue weighted by Crippen LogP contribution is -2.43. The monoisotopic (exact) mass is 313 g/mol. The van der Waals surface area contributed by atoms with E-state index in [-0.39, 0.29) is 0 Å². The van der Waals surface area contributed by atoms with Crippen molar-refractivity contribution in [2.24, 2.45) is 5.73 Å². The van der Waals surface area contributed by atoms with Crippen LogP contribution in [0.1, 0.15) is 24.8 Å². The summed E-state index contributed by atoms with van der Waals surface area (Å²) in [6.07, 6.45) is 1.74. The summed E-state index contributed by atoms with van der Waals surface area (Å²) < 4.78 is 28.9. The molecule has 0 aliphatic carbocycles. The highest BCUT2D eigenvalue weighted by Gasteiger charge is 2.27. The maximum atomic E-state index is 11.9. The summed E-state index contributed by atoms with van der Waals surface area (Å²) in [7, 11) is 1.25. The maximum absolute atomic E-state index is 11.9. The zero-order chi connectivity index (χ0) is 15.8. The number of ether oxygens (including phenoxy) is 1. The molecule has 0 fully saturated rings. The number of methoxy groups -OCH3 is 1. The zero-order valence-electron chi connectivity index (χ0n) is 12.3. The molecule has 1 aromatic rings. The van der Waals surface area contributed by atoms with Gasteiger partial charge in [-0.1, -0.05) is 17.7 Å². The number of carbonyl (C=O) groups is 1. The summed E-state index contributed by atoms with van der Waals surface area (Å²) in [6, 6.07) is 6.06. The first-order valence-electron chi connectivity index (χ1n) is 6.74. The van der Waals surface area contributed by atoms with Crippen molar-refractivity contribution in [3.05, 3.63) is 29.8 Å². The van der Waals surface area contributed by atoms with Gasteiger partial charge >= 0.3 is 5.97 Å². The number of anilines is 1. The Balaban J connectivity index is 3.04. The normalized spacial score (nSPS) is 13.5. The van der Waals surface area contributed by atoms with Gasteiger partial charge in [-0.05, 0) is 44.9 Å². The minimum absolute atomic E-state index is 0.367. The Morgan fingerprint density at radius 2 is 2.00 bits per heavy atom. The van der Waals surface area contributed by atoms with Crippen molar-refractivity contribution in [3.63, 3.8) is 0 Å². The summed E-state index contributed by atoms with van der Waals surface area (Å²) >= 11 is -2.57. The predicted molar refractivity (Wildman–Crippen MR) is 81.3 cm³/mol. The van der Waals surface area contributed by atoms with Crippen molar-refractivity contribution < 1.29 is 18.3 Å². The minimum Gasteiger partial charge on any atom is -0.755 e. The maximum Gasteiger partial charge on any atom is 0.329 e. The molecule has 2 N–H and O–H groups in total. The molecule has 0 spiro atoms. The van der Waals surface area contributed by atoms with Crippen molar-refractivity contribution in [1.82, 2.24) is 0 Å². The van der Waals surface area contributed by atoms with Crippen LogP contribution >= 0.6 is 0 Å². The number of esters is 1. The van der Waals surface area contributed by atoms with Crippen LogP contribution in [0.25, 0.3) is 0 Å². The van der Waals surface area contributed by atoms with Crippen LogP contribution in [0, 0.1) is 6.92 Å². The molecule has 21 heavy (non-hydrogen) atoms. The van der Waals surface area contributed by atoms with Crippen molar-refractivity contribution in [2.75, 3.05) is 18.0 Å². The molecular formula is C14H21N2O4S-. The summed E-state index contributed by atoms with van der Waals surface area (Å²) in [6.45, 7) is 2.40. The Hall–Kier alpha value is -1.44. The predicted octanol–water partition coefficient (Wildman–Crippen LogP) is 1.27. The van der Waals surface area contributed by atoms with Crippen LogP contribution < -0.4 is 10.0 Å². The SMILES string of the molecule is COC(=O)C(CCCCN)N(c1ccc(C)cc1)S(=O)[O-]. The highest BCUT2D eigenvalue weighted by molar-refractivity contribution is 7.80. The second-order valence-electron chi connectivity index (χ2n) is 4.70. The Morgan fingerprint density at radius 1 is 1.38 bits per heavy atom. The van der Waals surface area contributed by atoms with E-state index in [0.717, 1.165) is 16.3 Å². The average molecular weight is 313 g/mol. The first-order valence-corrected chi connectivity index (χ1v) is 7.77. The molecular weight excluding hydrogens is 292 g/mol. The molecule has 0 saturated carbocycles.